The summed E-state index contributed by atoms with van der Waals surface area (Å²) in [6.45, 7) is 4.20. The molecule has 23 heavy (non-hydrogen) atoms. The molecule has 1 aromatic heterocycles. The van der Waals surface area contributed by atoms with Crippen LogP contribution in [0, 0.1) is 5.92 Å². The van der Waals surface area contributed by atoms with Gasteiger partial charge < -0.3 is 9.67 Å². The van der Waals surface area contributed by atoms with Gasteiger partial charge in [0.05, 0.1) is 6.04 Å². The number of hydrogen-bond acceptors (Lipinski definition) is 2. The van der Waals surface area contributed by atoms with Gasteiger partial charge in [-0.05, 0) is 56.7 Å². The molecule has 0 spiro atoms. The van der Waals surface area contributed by atoms with Crippen LogP contribution in [0.15, 0.2) is 24.3 Å². The van der Waals surface area contributed by atoms with Gasteiger partial charge in [0.1, 0.15) is 5.54 Å². The summed E-state index contributed by atoms with van der Waals surface area (Å²) in [7, 11) is 0. The van der Waals surface area contributed by atoms with Crippen LogP contribution in [0.25, 0.3) is 10.9 Å². The number of carboxylic acids is 1. The first-order valence-electron chi connectivity index (χ1n) is 8.71. The maximum atomic E-state index is 12.2. The molecule has 1 N–H and O–H groups in total. The van der Waals surface area contributed by atoms with Gasteiger partial charge in [0.2, 0.25) is 0 Å². The van der Waals surface area contributed by atoms with E-state index in [1.54, 1.807) is 0 Å². The Bertz CT molecular complexity index is 824. The second-order valence-electron chi connectivity index (χ2n) is 7.63. The maximum absolute atomic E-state index is 12.2. The number of aromatic nitrogens is 1. The molecule has 0 aliphatic carbocycles. The summed E-state index contributed by atoms with van der Waals surface area (Å²) in [6.07, 6.45) is 4.15. The van der Waals surface area contributed by atoms with Crippen LogP contribution in [0.1, 0.15) is 43.5 Å². The molecule has 120 valence electrons. The van der Waals surface area contributed by atoms with Crippen molar-refractivity contribution in [1.29, 1.82) is 0 Å². The van der Waals surface area contributed by atoms with Gasteiger partial charge in [-0.25, -0.2) is 4.79 Å². The number of piperidine rings is 1. The first kappa shape index (κ1) is 13.6. The fourth-order valence-electron chi connectivity index (χ4n) is 5.48. The lowest BCUT2D eigenvalue weighted by Crippen LogP contribution is -2.53. The summed E-state index contributed by atoms with van der Waals surface area (Å²) in [5.74, 6) is -0.220. The van der Waals surface area contributed by atoms with Crippen LogP contribution in [-0.4, -0.2) is 33.6 Å². The van der Waals surface area contributed by atoms with Crippen LogP contribution >= 0.6 is 0 Å². The van der Waals surface area contributed by atoms with Crippen LogP contribution in [0.4, 0.5) is 0 Å². The molecule has 3 atom stereocenters. The average molecular weight is 310 g/mol. The predicted octanol–water partition coefficient (Wildman–Crippen LogP) is 3.15. The Hall–Kier alpha value is -1.81. The Balaban J connectivity index is 1.89. The van der Waals surface area contributed by atoms with Gasteiger partial charge in [0, 0.05) is 23.1 Å². The number of aliphatic carboxylic acids is 1. The number of hydrogen-bond donors (Lipinski definition) is 1. The minimum absolute atomic E-state index is 0.423. The van der Waals surface area contributed by atoms with Crippen molar-refractivity contribution in [2.24, 2.45) is 5.92 Å². The van der Waals surface area contributed by atoms with Crippen molar-refractivity contribution in [3.63, 3.8) is 0 Å². The van der Waals surface area contributed by atoms with Crippen LogP contribution in [-0.2, 0) is 16.8 Å². The minimum Gasteiger partial charge on any atom is -0.479 e. The van der Waals surface area contributed by atoms with Gasteiger partial charge in [0.25, 0.3) is 0 Å². The molecule has 0 radical (unpaired) electrons. The second kappa shape index (κ2) is 4.38. The normalized spacial score (nSPS) is 32.7. The van der Waals surface area contributed by atoms with Gasteiger partial charge in [-0.15, -0.1) is 0 Å². The lowest BCUT2D eigenvalue weighted by Gasteiger charge is -2.51. The molecule has 3 aliphatic rings. The molecule has 1 saturated heterocycles. The van der Waals surface area contributed by atoms with Gasteiger partial charge in [-0.2, -0.15) is 0 Å². The summed E-state index contributed by atoms with van der Waals surface area (Å²) in [4.78, 5) is 14.8. The highest BCUT2D eigenvalue weighted by molar-refractivity contribution is 5.90. The van der Waals surface area contributed by atoms with Crippen molar-refractivity contribution in [2.75, 3.05) is 13.1 Å². The van der Waals surface area contributed by atoms with Gasteiger partial charge in [0.15, 0.2) is 0 Å². The van der Waals surface area contributed by atoms with E-state index in [1.807, 2.05) is 13.0 Å². The molecule has 0 amide bonds. The third-order valence-corrected chi connectivity index (χ3v) is 6.42. The number of para-hydroxylation sites is 1. The molecule has 4 nitrogen and oxygen atoms in total. The first-order valence-corrected chi connectivity index (χ1v) is 8.71. The summed E-state index contributed by atoms with van der Waals surface area (Å²) < 4.78 is 2.18. The summed E-state index contributed by atoms with van der Waals surface area (Å²) in [5.41, 5.74) is 2.99. The minimum atomic E-state index is -0.825. The van der Waals surface area contributed by atoms with E-state index in [2.05, 4.69) is 27.7 Å². The van der Waals surface area contributed by atoms with Crippen LogP contribution in [0.5, 0.6) is 0 Å². The predicted molar refractivity (Wildman–Crippen MR) is 88.6 cm³/mol. The van der Waals surface area contributed by atoms with Crippen molar-refractivity contribution in [1.82, 2.24) is 9.47 Å². The molecule has 3 unspecified atom stereocenters. The van der Waals surface area contributed by atoms with E-state index in [0.29, 0.717) is 12.0 Å². The maximum Gasteiger partial charge on any atom is 0.329 e. The number of carboxylic acid groups (broad SMARTS) is 1. The molecule has 3 aliphatic heterocycles. The van der Waals surface area contributed by atoms with E-state index >= 15 is 0 Å². The number of carbonyl (C=O) groups is 1. The second-order valence-corrected chi connectivity index (χ2v) is 7.63. The standard InChI is InChI=1S/C19H22N2O2/c1-19(18(22)23)11-12-5-4-9-20-10-8-14-13-6-2-3-7-15(13)21(19)17(14)16(12)20/h2-3,6-7,12,16H,4-5,8-11H2,1H3,(H,22,23). The molecule has 0 saturated carbocycles. The number of nitrogens with zero attached hydrogens (tertiary/aromatic N) is 2. The summed E-state index contributed by atoms with van der Waals surface area (Å²) in [6, 6.07) is 8.80. The van der Waals surface area contributed by atoms with Crippen LogP contribution in [0.3, 0.4) is 0 Å². The van der Waals surface area contributed by atoms with Crippen molar-refractivity contribution >= 4 is 16.9 Å². The molecule has 1 fully saturated rings. The average Bonchev–Trinajstić information content (AvgIpc) is 2.90. The van der Waals surface area contributed by atoms with E-state index in [-0.39, 0.29) is 0 Å². The number of benzene rings is 1. The van der Waals surface area contributed by atoms with Crippen LogP contribution < -0.4 is 0 Å². The highest BCUT2D eigenvalue weighted by Crippen LogP contribution is 2.53. The monoisotopic (exact) mass is 310 g/mol. The number of fused-ring (bicyclic) bond motifs is 3. The Morgan fingerprint density at radius 3 is 2.96 bits per heavy atom. The molecule has 2 aromatic rings. The zero-order valence-corrected chi connectivity index (χ0v) is 13.5. The van der Waals surface area contributed by atoms with E-state index in [1.165, 1.54) is 23.1 Å². The lowest BCUT2D eigenvalue weighted by molar-refractivity contribution is -0.149. The van der Waals surface area contributed by atoms with Crippen molar-refractivity contribution in [3.05, 3.63) is 35.5 Å². The van der Waals surface area contributed by atoms with Gasteiger partial charge in [-0.1, -0.05) is 18.2 Å². The van der Waals surface area contributed by atoms with E-state index in [4.69, 9.17) is 0 Å². The van der Waals surface area contributed by atoms with E-state index < -0.39 is 11.5 Å². The van der Waals surface area contributed by atoms with E-state index in [9.17, 15) is 9.90 Å². The Morgan fingerprint density at radius 1 is 1.30 bits per heavy atom. The number of rotatable bonds is 1. The molecular weight excluding hydrogens is 288 g/mol. The fourth-order valence-corrected chi connectivity index (χ4v) is 5.48. The SMILES string of the molecule is CC1(C(=O)O)CC2CCCN3CCc4c(n1c1ccccc41)C23. The first-order chi connectivity index (χ1) is 11.1. The largest absolute Gasteiger partial charge is 0.479 e. The summed E-state index contributed by atoms with van der Waals surface area (Å²) in [5, 5.41) is 11.3. The van der Waals surface area contributed by atoms with E-state index in [0.717, 1.165) is 37.9 Å². The molecule has 1 aromatic carbocycles. The van der Waals surface area contributed by atoms with Gasteiger partial charge in [-0.3, -0.25) is 4.90 Å². The topological polar surface area (TPSA) is 45.5 Å². The molecular formula is C19H22N2O2. The highest BCUT2D eigenvalue weighted by atomic mass is 16.4. The third-order valence-electron chi connectivity index (χ3n) is 6.42. The zero-order valence-electron chi connectivity index (χ0n) is 13.5. The van der Waals surface area contributed by atoms with Crippen LogP contribution in [0.2, 0.25) is 0 Å². The lowest BCUT2D eigenvalue weighted by atomic mass is 9.72. The van der Waals surface area contributed by atoms with Crippen molar-refractivity contribution in [2.45, 2.75) is 44.2 Å². The Kier molecular flexibility index (Phi) is 2.59. The van der Waals surface area contributed by atoms with Gasteiger partial charge >= 0.3 is 5.97 Å². The highest BCUT2D eigenvalue weighted by Gasteiger charge is 2.52. The van der Waals surface area contributed by atoms with Crippen molar-refractivity contribution in [3.8, 4) is 0 Å². The quantitative estimate of drug-likeness (QED) is 0.880. The fraction of sp³-hybridized carbons (Fsp3) is 0.526. The molecule has 5 rings (SSSR count). The van der Waals surface area contributed by atoms with Crippen molar-refractivity contribution < 1.29 is 9.90 Å². The Morgan fingerprint density at radius 2 is 2.13 bits per heavy atom. The molecule has 4 heterocycles. The Labute approximate surface area is 135 Å². The smallest absolute Gasteiger partial charge is 0.329 e. The zero-order chi connectivity index (χ0) is 15.8. The summed E-state index contributed by atoms with van der Waals surface area (Å²) >= 11 is 0. The molecule has 0 bridgehead atoms. The molecule has 4 heteroatoms. The third kappa shape index (κ3) is 1.57.